The SMILES string of the molecule is COc1ccc(CSCC(=O)Nc2ccccc2)cc1F. The number of nitrogens with one attached hydrogen (secondary N) is 1. The highest BCUT2D eigenvalue weighted by Gasteiger charge is 2.06. The molecule has 0 aromatic heterocycles. The minimum atomic E-state index is -0.385. The number of hydrogen-bond donors (Lipinski definition) is 1. The molecule has 1 N–H and O–H groups in total. The molecule has 5 heteroatoms. The van der Waals surface area contributed by atoms with Crippen LogP contribution in [-0.2, 0) is 10.5 Å². The second kappa shape index (κ2) is 7.69. The quantitative estimate of drug-likeness (QED) is 0.884. The molecule has 0 saturated carbocycles. The zero-order valence-corrected chi connectivity index (χ0v) is 12.5. The van der Waals surface area contributed by atoms with E-state index in [0.717, 1.165) is 11.3 Å². The van der Waals surface area contributed by atoms with Crippen molar-refractivity contribution in [2.24, 2.45) is 0 Å². The monoisotopic (exact) mass is 305 g/mol. The number of rotatable bonds is 6. The summed E-state index contributed by atoms with van der Waals surface area (Å²) in [5, 5.41) is 2.80. The van der Waals surface area contributed by atoms with Crippen LogP contribution in [0.25, 0.3) is 0 Å². The van der Waals surface area contributed by atoms with E-state index < -0.39 is 0 Å². The first-order valence-electron chi connectivity index (χ1n) is 6.44. The van der Waals surface area contributed by atoms with Crippen molar-refractivity contribution < 1.29 is 13.9 Å². The molecule has 0 aliphatic carbocycles. The fourth-order valence-electron chi connectivity index (χ4n) is 1.78. The zero-order valence-electron chi connectivity index (χ0n) is 11.6. The fraction of sp³-hybridized carbons (Fsp3) is 0.188. The molecule has 1 amide bonds. The van der Waals surface area contributed by atoms with Crippen molar-refractivity contribution >= 4 is 23.4 Å². The number of anilines is 1. The summed E-state index contributed by atoms with van der Waals surface area (Å²) in [6.07, 6.45) is 0. The van der Waals surface area contributed by atoms with Crippen molar-refractivity contribution in [1.29, 1.82) is 0 Å². The molecule has 2 aromatic rings. The van der Waals surface area contributed by atoms with E-state index in [2.05, 4.69) is 5.32 Å². The van der Waals surface area contributed by atoms with Gasteiger partial charge in [0.15, 0.2) is 11.6 Å². The van der Waals surface area contributed by atoms with Crippen LogP contribution in [0.15, 0.2) is 48.5 Å². The van der Waals surface area contributed by atoms with Crippen molar-refractivity contribution in [3.63, 3.8) is 0 Å². The molecule has 0 spiro atoms. The second-order valence-corrected chi connectivity index (χ2v) is 5.36. The van der Waals surface area contributed by atoms with Gasteiger partial charge in [0, 0.05) is 11.4 Å². The van der Waals surface area contributed by atoms with Gasteiger partial charge < -0.3 is 10.1 Å². The van der Waals surface area contributed by atoms with Gasteiger partial charge in [-0.1, -0.05) is 24.3 Å². The van der Waals surface area contributed by atoms with Gasteiger partial charge in [0.2, 0.25) is 5.91 Å². The summed E-state index contributed by atoms with van der Waals surface area (Å²) in [5.74, 6) is 0.668. The molecular formula is C16H16FNO2S. The first-order valence-corrected chi connectivity index (χ1v) is 7.59. The summed E-state index contributed by atoms with van der Waals surface area (Å²) in [6.45, 7) is 0. The second-order valence-electron chi connectivity index (χ2n) is 4.38. The van der Waals surface area contributed by atoms with Gasteiger partial charge in [0.05, 0.1) is 12.9 Å². The number of amides is 1. The van der Waals surface area contributed by atoms with Gasteiger partial charge in [-0.05, 0) is 29.8 Å². The van der Waals surface area contributed by atoms with E-state index in [-0.39, 0.29) is 17.5 Å². The summed E-state index contributed by atoms with van der Waals surface area (Å²) >= 11 is 1.44. The Morgan fingerprint density at radius 2 is 2.00 bits per heavy atom. The third-order valence-electron chi connectivity index (χ3n) is 2.78. The van der Waals surface area contributed by atoms with Crippen LogP contribution in [0.5, 0.6) is 5.75 Å². The number of benzene rings is 2. The Bertz CT molecular complexity index is 604. The Labute approximate surface area is 127 Å². The molecule has 0 unspecified atom stereocenters. The number of hydrogen-bond acceptors (Lipinski definition) is 3. The molecule has 0 atom stereocenters. The van der Waals surface area contributed by atoms with Gasteiger partial charge in [-0.2, -0.15) is 0 Å². The van der Waals surface area contributed by atoms with Crippen molar-refractivity contribution in [1.82, 2.24) is 0 Å². The third kappa shape index (κ3) is 4.79. The Hall–Kier alpha value is -2.01. The molecule has 0 radical (unpaired) electrons. The van der Waals surface area contributed by atoms with E-state index in [1.807, 2.05) is 30.3 Å². The molecule has 0 heterocycles. The topological polar surface area (TPSA) is 38.3 Å². The summed E-state index contributed by atoms with van der Waals surface area (Å²) < 4.78 is 18.4. The Morgan fingerprint density at radius 1 is 1.24 bits per heavy atom. The number of para-hydroxylation sites is 1. The van der Waals surface area contributed by atoms with Crippen LogP contribution in [0.4, 0.5) is 10.1 Å². The van der Waals surface area contributed by atoms with E-state index in [1.54, 1.807) is 12.1 Å². The maximum Gasteiger partial charge on any atom is 0.234 e. The zero-order chi connectivity index (χ0) is 15.1. The standard InChI is InChI=1S/C16H16FNO2S/c1-20-15-8-7-12(9-14(15)17)10-21-11-16(19)18-13-5-3-2-4-6-13/h2-9H,10-11H2,1H3,(H,18,19). The lowest BCUT2D eigenvalue weighted by atomic mass is 10.2. The van der Waals surface area contributed by atoms with Gasteiger partial charge in [0.25, 0.3) is 0 Å². The first kappa shape index (κ1) is 15.4. The Morgan fingerprint density at radius 3 is 2.67 bits per heavy atom. The van der Waals surface area contributed by atoms with Crippen molar-refractivity contribution in [2.45, 2.75) is 5.75 Å². The highest BCUT2D eigenvalue weighted by Crippen LogP contribution is 2.20. The minimum absolute atomic E-state index is 0.0693. The molecule has 0 aliphatic rings. The molecule has 2 rings (SSSR count). The third-order valence-corrected chi connectivity index (χ3v) is 3.78. The van der Waals surface area contributed by atoms with Gasteiger partial charge in [-0.25, -0.2) is 4.39 Å². The summed E-state index contributed by atoms with van der Waals surface area (Å²) in [5.41, 5.74) is 1.60. The van der Waals surface area contributed by atoms with Crippen molar-refractivity contribution in [2.75, 3.05) is 18.2 Å². The number of thioether (sulfide) groups is 1. The number of carbonyl (C=O) groups is 1. The van der Waals surface area contributed by atoms with Gasteiger partial charge in [-0.3, -0.25) is 4.79 Å². The number of halogens is 1. The van der Waals surface area contributed by atoms with Gasteiger partial charge >= 0.3 is 0 Å². The normalized spacial score (nSPS) is 10.2. The Balaban J connectivity index is 1.79. The number of ether oxygens (including phenoxy) is 1. The van der Waals surface area contributed by atoms with Crippen molar-refractivity contribution in [3.8, 4) is 5.75 Å². The van der Waals surface area contributed by atoms with Crippen LogP contribution < -0.4 is 10.1 Å². The maximum absolute atomic E-state index is 13.5. The number of carbonyl (C=O) groups excluding carboxylic acids is 1. The number of methoxy groups -OCH3 is 1. The van der Waals surface area contributed by atoms with Gasteiger partial charge in [-0.15, -0.1) is 11.8 Å². The summed E-state index contributed by atoms with van der Waals surface area (Å²) in [6, 6.07) is 14.1. The Kier molecular flexibility index (Phi) is 5.63. The van der Waals surface area contributed by atoms with Crippen molar-refractivity contribution in [3.05, 3.63) is 59.9 Å². The van der Waals surface area contributed by atoms with Crippen LogP contribution in [0.2, 0.25) is 0 Å². The average molecular weight is 305 g/mol. The lowest BCUT2D eigenvalue weighted by molar-refractivity contribution is -0.113. The molecule has 110 valence electrons. The smallest absolute Gasteiger partial charge is 0.234 e. The van der Waals surface area contributed by atoms with E-state index in [0.29, 0.717) is 11.5 Å². The van der Waals surface area contributed by atoms with E-state index in [1.165, 1.54) is 24.9 Å². The lowest BCUT2D eigenvalue weighted by Gasteiger charge is -2.06. The van der Waals surface area contributed by atoms with E-state index in [4.69, 9.17) is 4.74 Å². The summed E-state index contributed by atoms with van der Waals surface area (Å²) in [7, 11) is 1.43. The molecule has 0 fully saturated rings. The fourth-order valence-corrected chi connectivity index (χ4v) is 2.55. The first-order chi connectivity index (χ1) is 10.2. The molecular weight excluding hydrogens is 289 g/mol. The molecule has 0 saturated heterocycles. The van der Waals surface area contributed by atoms with Crippen LogP contribution in [0.3, 0.4) is 0 Å². The molecule has 21 heavy (non-hydrogen) atoms. The lowest BCUT2D eigenvalue weighted by Crippen LogP contribution is -2.13. The highest BCUT2D eigenvalue weighted by molar-refractivity contribution is 7.99. The average Bonchev–Trinajstić information content (AvgIpc) is 2.48. The predicted octanol–water partition coefficient (Wildman–Crippen LogP) is 3.71. The summed E-state index contributed by atoms with van der Waals surface area (Å²) in [4.78, 5) is 11.7. The van der Waals surface area contributed by atoms with Crippen LogP contribution in [-0.4, -0.2) is 18.8 Å². The molecule has 2 aromatic carbocycles. The van der Waals surface area contributed by atoms with Crippen LogP contribution >= 0.6 is 11.8 Å². The van der Waals surface area contributed by atoms with E-state index in [9.17, 15) is 9.18 Å². The predicted molar refractivity (Wildman–Crippen MR) is 84.2 cm³/mol. The highest BCUT2D eigenvalue weighted by atomic mass is 32.2. The van der Waals surface area contributed by atoms with Crippen LogP contribution in [0, 0.1) is 5.82 Å². The van der Waals surface area contributed by atoms with E-state index >= 15 is 0 Å². The minimum Gasteiger partial charge on any atom is -0.494 e. The molecule has 0 bridgehead atoms. The molecule has 3 nitrogen and oxygen atoms in total. The van der Waals surface area contributed by atoms with Gasteiger partial charge in [0.1, 0.15) is 0 Å². The van der Waals surface area contributed by atoms with Crippen LogP contribution in [0.1, 0.15) is 5.56 Å². The largest absolute Gasteiger partial charge is 0.494 e. The molecule has 0 aliphatic heterocycles. The maximum atomic E-state index is 13.5.